The van der Waals surface area contributed by atoms with Crippen molar-refractivity contribution in [3.63, 3.8) is 0 Å². The highest BCUT2D eigenvalue weighted by molar-refractivity contribution is 7.92. The van der Waals surface area contributed by atoms with E-state index in [1.54, 1.807) is 20.3 Å². The van der Waals surface area contributed by atoms with Crippen LogP contribution in [0.4, 0.5) is 24.7 Å². The summed E-state index contributed by atoms with van der Waals surface area (Å²) in [4.78, 5) is 12.1. The predicted octanol–water partition coefficient (Wildman–Crippen LogP) is 2.79. The van der Waals surface area contributed by atoms with Gasteiger partial charge in [-0.15, -0.1) is 0 Å². The summed E-state index contributed by atoms with van der Waals surface area (Å²) >= 11 is 0. The smallest absolute Gasteiger partial charge is 0.349 e. The molecule has 0 aliphatic carbocycles. The van der Waals surface area contributed by atoms with Crippen LogP contribution in [-0.2, 0) is 21.2 Å². The van der Waals surface area contributed by atoms with Crippen LogP contribution in [-0.4, -0.2) is 48.6 Å². The van der Waals surface area contributed by atoms with Gasteiger partial charge < -0.3 is 10.2 Å². The number of benzene rings is 1. The normalized spacial score (nSPS) is 12.0. The molecule has 0 radical (unpaired) electrons. The van der Waals surface area contributed by atoms with Gasteiger partial charge in [0, 0.05) is 39.3 Å². The number of aryl methyl sites for hydroxylation is 1. The van der Waals surface area contributed by atoms with Gasteiger partial charge in [0.2, 0.25) is 5.91 Å². The van der Waals surface area contributed by atoms with E-state index in [1.807, 2.05) is 0 Å². The number of nitrogens with zero attached hydrogens (tertiary/aromatic N) is 3. The van der Waals surface area contributed by atoms with Crippen molar-refractivity contribution in [1.29, 1.82) is 0 Å². The van der Waals surface area contributed by atoms with Gasteiger partial charge in [-0.2, -0.15) is 18.3 Å². The van der Waals surface area contributed by atoms with Gasteiger partial charge in [0.25, 0.3) is 9.84 Å². The van der Waals surface area contributed by atoms with Crippen LogP contribution in [0.3, 0.4) is 0 Å². The summed E-state index contributed by atoms with van der Waals surface area (Å²) < 4.78 is 63.4. The molecule has 1 aromatic heterocycles. The first kappa shape index (κ1) is 20.7. The number of rotatable bonds is 7. The van der Waals surface area contributed by atoms with Gasteiger partial charge in [0.15, 0.2) is 5.82 Å². The number of anilines is 2. The monoisotopic (exact) mass is 404 g/mol. The van der Waals surface area contributed by atoms with E-state index in [2.05, 4.69) is 10.4 Å². The first-order valence-corrected chi connectivity index (χ1v) is 9.41. The Hall–Kier alpha value is -2.56. The number of carbonyl (C=O) groups excluding carboxylic acids is 1. The highest BCUT2D eigenvalue weighted by atomic mass is 32.2. The molecule has 0 atom stereocenters. The summed E-state index contributed by atoms with van der Waals surface area (Å²) in [5.74, 6) is 0.172. The second-order valence-electron chi connectivity index (χ2n) is 5.93. The van der Waals surface area contributed by atoms with E-state index >= 15 is 0 Å². The standard InChI is InChI=1S/C16H19F3N4O3S/c1-22(2)15(24)8-5-10-23-11-9-14(21-23)20-12-6-3-4-7-13(12)27(25,26)16(17,18)19/h3-4,6-7,9,11H,5,8,10H2,1-2H3,(H,20,21). The van der Waals surface area contributed by atoms with Gasteiger partial charge in [0.05, 0.1) is 10.6 Å². The SMILES string of the molecule is CN(C)C(=O)CCCn1ccc(Nc2ccccc2S(=O)(=O)C(F)(F)F)n1. The van der Waals surface area contributed by atoms with Crippen LogP contribution in [0.5, 0.6) is 0 Å². The third-order valence-electron chi connectivity index (χ3n) is 3.66. The molecule has 148 valence electrons. The summed E-state index contributed by atoms with van der Waals surface area (Å²) in [6.07, 6.45) is 2.46. The molecule has 0 saturated carbocycles. The summed E-state index contributed by atoms with van der Waals surface area (Å²) in [7, 11) is -2.18. The molecular formula is C16H19F3N4O3S. The molecule has 27 heavy (non-hydrogen) atoms. The number of hydrogen-bond acceptors (Lipinski definition) is 5. The Balaban J connectivity index is 2.11. The second-order valence-corrected chi connectivity index (χ2v) is 7.84. The molecule has 0 saturated heterocycles. The van der Waals surface area contributed by atoms with E-state index in [4.69, 9.17) is 0 Å². The molecule has 1 aromatic carbocycles. The van der Waals surface area contributed by atoms with Crippen LogP contribution in [0.15, 0.2) is 41.4 Å². The summed E-state index contributed by atoms with van der Waals surface area (Å²) in [5.41, 5.74) is -5.62. The van der Waals surface area contributed by atoms with Crippen LogP contribution in [0.2, 0.25) is 0 Å². The quantitative estimate of drug-likeness (QED) is 0.767. The van der Waals surface area contributed by atoms with Crippen molar-refractivity contribution in [3.8, 4) is 0 Å². The molecule has 2 rings (SSSR count). The fraction of sp³-hybridized carbons (Fsp3) is 0.375. The van der Waals surface area contributed by atoms with Crippen LogP contribution in [0.1, 0.15) is 12.8 Å². The minimum Gasteiger partial charge on any atom is -0.349 e. The summed E-state index contributed by atoms with van der Waals surface area (Å²) in [5, 5.41) is 6.74. The Kier molecular flexibility index (Phi) is 6.14. The highest BCUT2D eigenvalue weighted by Crippen LogP contribution is 2.35. The van der Waals surface area contributed by atoms with Gasteiger partial charge in [-0.05, 0) is 18.6 Å². The van der Waals surface area contributed by atoms with Crippen LogP contribution in [0, 0.1) is 0 Å². The first-order chi connectivity index (χ1) is 12.5. The van der Waals surface area contributed by atoms with Crippen molar-refractivity contribution in [3.05, 3.63) is 36.5 Å². The van der Waals surface area contributed by atoms with E-state index in [9.17, 15) is 26.4 Å². The lowest BCUT2D eigenvalue weighted by atomic mass is 10.3. The van der Waals surface area contributed by atoms with Crippen molar-refractivity contribution < 1.29 is 26.4 Å². The summed E-state index contributed by atoms with van der Waals surface area (Å²) in [6.45, 7) is 0.434. The molecule has 1 amide bonds. The molecule has 1 N–H and O–H groups in total. The molecule has 0 aliphatic rings. The van der Waals surface area contributed by atoms with E-state index in [0.717, 1.165) is 6.07 Å². The van der Waals surface area contributed by atoms with Crippen molar-refractivity contribution in [2.45, 2.75) is 29.8 Å². The van der Waals surface area contributed by atoms with Crippen molar-refractivity contribution in [1.82, 2.24) is 14.7 Å². The maximum Gasteiger partial charge on any atom is 0.501 e. The Labute approximate surface area is 154 Å². The maximum atomic E-state index is 12.8. The van der Waals surface area contributed by atoms with E-state index < -0.39 is 20.2 Å². The number of aromatic nitrogens is 2. The van der Waals surface area contributed by atoms with Crippen LogP contribution < -0.4 is 5.32 Å². The molecule has 1 heterocycles. The lowest BCUT2D eigenvalue weighted by molar-refractivity contribution is -0.128. The number of halogens is 3. The molecule has 0 spiro atoms. The molecule has 0 aliphatic heterocycles. The van der Waals surface area contributed by atoms with Gasteiger partial charge in [-0.25, -0.2) is 8.42 Å². The van der Waals surface area contributed by atoms with Gasteiger partial charge >= 0.3 is 5.51 Å². The number of alkyl halides is 3. The number of hydrogen-bond donors (Lipinski definition) is 1. The largest absolute Gasteiger partial charge is 0.501 e. The lowest BCUT2D eigenvalue weighted by Crippen LogP contribution is -2.24. The molecular weight excluding hydrogens is 385 g/mol. The first-order valence-electron chi connectivity index (χ1n) is 7.93. The molecule has 2 aromatic rings. The van der Waals surface area contributed by atoms with Crippen LogP contribution in [0.25, 0.3) is 0 Å². The number of para-hydroxylation sites is 1. The number of carbonyl (C=O) groups is 1. The fourth-order valence-corrected chi connectivity index (χ4v) is 3.15. The zero-order valence-electron chi connectivity index (χ0n) is 14.7. The highest BCUT2D eigenvalue weighted by Gasteiger charge is 2.47. The maximum absolute atomic E-state index is 12.8. The van der Waals surface area contributed by atoms with E-state index in [0.29, 0.717) is 19.4 Å². The number of amides is 1. The van der Waals surface area contributed by atoms with Crippen molar-refractivity contribution in [2.24, 2.45) is 0 Å². The van der Waals surface area contributed by atoms with E-state index in [-0.39, 0.29) is 17.4 Å². The molecule has 0 bridgehead atoms. The minimum absolute atomic E-state index is 0.0215. The molecule has 0 unspecified atom stereocenters. The zero-order valence-corrected chi connectivity index (χ0v) is 15.5. The average Bonchev–Trinajstić information content (AvgIpc) is 3.01. The fourth-order valence-electron chi connectivity index (χ4n) is 2.24. The predicted molar refractivity (Wildman–Crippen MR) is 93.1 cm³/mol. The average molecular weight is 404 g/mol. The Morgan fingerprint density at radius 2 is 1.89 bits per heavy atom. The number of sulfone groups is 1. The zero-order chi connectivity index (χ0) is 20.2. The van der Waals surface area contributed by atoms with Crippen molar-refractivity contribution in [2.75, 3.05) is 19.4 Å². The molecule has 0 fully saturated rings. The van der Waals surface area contributed by atoms with Gasteiger partial charge in [0.1, 0.15) is 0 Å². The lowest BCUT2D eigenvalue weighted by Gasteiger charge is -2.13. The second kappa shape index (κ2) is 7.99. The topological polar surface area (TPSA) is 84.3 Å². The van der Waals surface area contributed by atoms with Gasteiger partial charge in [-0.1, -0.05) is 12.1 Å². The summed E-state index contributed by atoms with van der Waals surface area (Å²) in [6, 6.07) is 6.25. The minimum atomic E-state index is -5.49. The van der Waals surface area contributed by atoms with Gasteiger partial charge in [-0.3, -0.25) is 9.48 Å². The van der Waals surface area contributed by atoms with Crippen LogP contribution >= 0.6 is 0 Å². The number of nitrogens with one attached hydrogen (secondary N) is 1. The Morgan fingerprint density at radius 1 is 1.22 bits per heavy atom. The molecule has 11 heteroatoms. The van der Waals surface area contributed by atoms with E-state index in [1.165, 1.54) is 33.8 Å². The Morgan fingerprint density at radius 3 is 2.52 bits per heavy atom. The molecule has 7 nitrogen and oxygen atoms in total. The Bertz CT molecular complexity index is 908. The third-order valence-corrected chi connectivity index (χ3v) is 5.21. The van der Waals surface area contributed by atoms with Crippen molar-refractivity contribution >= 4 is 27.2 Å². The third kappa shape index (κ3) is 5.00.